The highest BCUT2D eigenvalue weighted by Crippen LogP contribution is 2.18. The molecule has 0 fully saturated rings. The Labute approximate surface area is 139 Å². The largest absolute Gasteiger partial charge is 0.322 e. The molecule has 2 N–H and O–H groups in total. The lowest BCUT2D eigenvalue weighted by Gasteiger charge is -2.06. The van der Waals surface area contributed by atoms with Crippen LogP contribution in [0.5, 0.6) is 0 Å². The van der Waals surface area contributed by atoms with Crippen molar-refractivity contribution in [2.75, 3.05) is 5.32 Å². The van der Waals surface area contributed by atoms with E-state index in [1.54, 1.807) is 36.4 Å². The Bertz CT molecular complexity index is 1020. The van der Waals surface area contributed by atoms with Crippen molar-refractivity contribution in [3.63, 3.8) is 0 Å². The third-order valence-electron chi connectivity index (χ3n) is 3.30. The number of hydrogen-bond donors (Lipinski definition) is 2. The first-order valence-corrected chi connectivity index (χ1v) is 7.50. The van der Waals surface area contributed by atoms with Crippen LogP contribution in [0.2, 0.25) is 0 Å². The highest BCUT2D eigenvalue weighted by atomic mass is 79.9. The van der Waals surface area contributed by atoms with Crippen molar-refractivity contribution in [2.45, 2.75) is 0 Å². The maximum atomic E-state index is 12.3. The lowest BCUT2D eigenvalue weighted by atomic mass is 10.1. The van der Waals surface area contributed by atoms with Crippen molar-refractivity contribution in [2.24, 2.45) is 0 Å². The fraction of sp³-hybridized carbons (Fsp3) is 0. The zero-order chi connectivity index (χ0) is 16.4. The SMILES string of the molecule is N#Cc1cccc(NC(=O)c2cc3cc(Br)ccc3[nH]c2=O)c1. The summed E-state index contributed by atoms with van der Waals surface area (Å²) in [5, 5.41) is 12.3. The van der Waals surface area contributed by atoms with Gasteiger partial charge in [-0.05, 0) is 42.5 Å². The Hall–Kier alpha value is -2.91. The van der Waals surface area contributed by atoms with Gasteiger partial charge in [0.2, 0.25) is 0 Å². The number of halogens is 1. The average molecular weight is 368 g/mol. The van der Waals surface area contributed by atoms with Gasteiger partial charge in [0.25, 0.3) is 11.5 Å². The van der Waals surface area contributed by atoms with E-state index in [0.29, 0.717) is 16.8 Å². The van der Waals surface area contributed by atoms with Crippen molar-refractivity contribution < 1.29 is 4.79 Å². The Kier molecular flexibility index (Phi) is 3.96. The lowest BCUT2D eigenvalue weighted by molar-refractivity contribution is 0.102. The van der Waals surface area contributed by atoms with Crippen LogP contribution in [0.3, 0.4) is 0 Å². The molecule has 112 valence electrons. The van der Waals surface area contributed by atoms with Gasteiger partial charge in [0.05, 0.1) is 11.6 Å². The third kappa shape index (κ3) is 3.15. The van der Waals surface area contributed by atoms with Crippen LogP contribution in [0.15, 0.2) is 57.8 Å². The van der Waals surface area contributed by atoms with Crippen molar-refractivity contribution in [1.29, 1.82) is 5.26 Å². The van der Waals surface area contributed by atoms with Crippen molar-refractivity contribution in [1.82, 2.24) is 4.98 Å². The molecular weight excluding hydrogens is 358 g/mol. The van der Waals surface area contributed by atoms with Gasteiger partial charge in [0.1, 0.15) is 5.56 Å². The summed E-state index contributed by atoms with van der Waals surface area (Å²) >= 11 is 3.36. The number of benzene rings is 2. The summed E-state index contributed by atoms with van der Waals surface area (Å²) < 4.78 is 0.852. The number of aromatic amines is 1. The van der Waals surface area contributed by atoms with Gasteiger partial charge in [-0.25, -0.2) is 0 Å². The number of nitriles is 1. The van der Waals surface area contributed by atoms with E-state index in [2.05, 4.69) is 26.2 Å². The predicted molar refractivity (Wildman–Crippen MR) is 91.4 cm³/mol. The number of pyridine rings is 1. The molecule has 23 heavy (non-hydrogen) atoms. The number of aromatic nitrogens is 1. The molecule has 2 aromatic carbocycles. The summed E-state index contributed by atoms with van der Waals surface area (Å²) in [6.07, 6.45) is 0. The van der Waals surface area contributed by atoms with Gasteiger partial charge in [-0.15, -0.1) is 0 Å². The number of hydrogen-bond acceptors (Lipinski definition) is 3. The molecule has 1 amide bonds. The van der Waals surface area contributed by atoms with Crippen LogP contribution >= 0.6 is 15.9 Å². The molecule has 0 saturated heterocycles. The molecule has 0 aliphatic rings. The molecule has 1 heterocycles. The topological polar surface area (TPSA) is 85.8 Å². The molecule has 0 radical (unpaired) electrons. The number of anilines is 1. The van der Waals surface area contributed by atoms with E-state index in [0.717, 1.165) is 9.86 Å². The van der Waals surface area contributed by atoms with E-state index in [9.17, 15) is 9.59 Å². The molecule has 6 heteroatoms. The molecule has 0 aliphatic heterocycles. The number of rotatable bonds is 2. The maximum absolute atomic E-state index is 12.3. The molecular formula is C17H10BrN3O2. The standard InChI is InChI=1S/C17H10BrN3O2/c18-12-4-5-15-11(7-12)8-14(17(23)21-15)16(22)20-13-3-1-2-10(6-13)9-19/h1-8H,(H,20,22)(H,21,23). The first-order valence-electron chi connectivity index (χ1n) is 6.71. The van der Waals surface area contributed by atoms with E-state index in [1.165, 1.54) is 0 Å². The average Bonchev–Trinajstić information content (AvgIpc) is 2.54. The second-order valence-electron chi connectivity index (χ2n) is 4.89. The molecule has 0 saturated carbocycles. The number of nitrogens with zero attached hydrogens (tertiary/aromatic N) is 1. The third-order valence-corrected chi connectivity index (χ3v) is 3.79. The second kappa shape index (κ2) is 6.07. The van der Waals surface area contributed by atoms with E-state index >= 15 is 0 Å². The fourth-order valence-electron chi connectivity index (χ4n) is 2.21. The van der Waals surface area contributed by atoms with Gasteiger partial charge in [0.15, 0.2) is 0 Å². The Morgan fingerprint density at radius 2 is 2.00 bits per heavy atom. The maximum Gasteiger partial charge on any atom is 0.261 e. The Morgan fingerprint density at radius 1 is 1.17 bits per heavy atom. The van der Waals surface area contributed by atoms with Gasteiger partial charge in [-0.1, -0.05) is 22.0 Å². The number of H-pyrrole nitrogens is 1. The highest BCUT2D eigenvalue weighted by molar-refractivity contribution is 9.10. The summed E-state index contributed by atoms with van der Waals surface area (Å²) in [6, 6.07) is 15.4. The van der Waals surface area contributed by atoms with Gasteiger partial charge in [-0.3, -0.25) is 9.59 Å². The van der Waals surface area contributed by atoms with Crippen molar-refractivity contribution in [3.05, 3.63) is 74.5 Å². The van der Waals surface area contributed by atoms with Crippen LogP contribution in [0, 0.1) is 11.3 Å². The van der Waals surface area contributed by atoms with E-state index in [4.69, 9.17) is 5.26 Å². The summed E-state index contributed by atoms with van der Waals surface area (Å²) in [7, 11) is 0. The van der Waals surface area contributed by atoms with Gasteiger partial charge < -0.3 is 10.3 Å². The summed E-state index contributed by atoms with van der Waals surface area (Å²) in [6.45, 7) is 0. The highest BCUT2D eigenvalue weighted by Gasteiger charge is 2.12. The minimum Gasteiger partial charge on any atom is -0.322 e. The zero-order valence-electron chi connectivity index (χ0n) is 11.8. The van der Waals surface area contributed by atoms with E-state index in [1.807, 2.05) is 18.2 Å². The first-order chi connectivity index (χ1) is 11.1. The number of amides is 1. The Morgan fingerprint density at radius 3 is 2.78 bits per heavy atom. The number of nitrogens with one attached hydrogen (secondary N) is 2. The predicted octanol–water partition coefficient (Wildman–Crippen LogP) is 3.41. The summed E-state index contributed by atoms with van der Waals surface area (Å²) in [5.74, 6) is -0.525. The fourth-order valence-corrected chi connectivity index (χ4v) is 2.59. The van der Waals surface area contributed by atoms with Crippen molar-refractivity contribution in [3.8, 4) is 6.07 Å². The molecule has 0 unspecified atom stereocenters. The number of carbonyl (C=O) groups is 1. The van der Waals surface area contributed by atoms with Gasteiger partial charge in [0, 0.05) is 21.1 Å². The van der Waals surface area contributed by atoms with E-state index < -0.39 is 11.5 Å². The van der Waals surface area contributed by atoms with Crippen LogP contribution in [-0.4, -0.2) is 10.9 Å². The summed E-state index contributed by atoms with van der Waals surface area (Å²) in [4.78, 5) is 27.1. The zero-order valence-corrected chi connectivity index (χ0v) is 13.3. The van der Waals surface area contributed by atoms with Crippen LogP contribution in [0.1, 0.15) is 15.9 Å². The molecule has 0 atom stereocenters. The van der Waals surface area contributed by atoms with Crippen molar-refractivity contribution >= 4 is 38.4 Å². The van der Waals surface area contributed by atoms with Crippen LogP contribution in [0.4, 0.5) is 5.69 Å². The molecule has 0 aliphatic carbocycles. The van der Waals surface area contributed by atoms with Crippen LogP contribution < -0.4 is 10.9 Å². The van der Waals surface area contributed by atoms with E-state index in [-0.39, 0.29) is 5.56 Å². The first kappa shape index (κ1) is 15.0. The van der Waals surface area contributed by atoms with Gasteiger partial charge >= 0.3 is 0 Å². The monoisotopic (exact) mass is 367 g/mol. The molecule has 0 spiro atoms. The summed E-state index contributed by atoms with van der Waals surface area (Å²) in [5.41, 5.74) is 1.09. The number of carbonyl (C=O) groups excluding carboxylic acids is 1. The molecule has 0 bridgehead atoms. The number of fused-ring (bicyclic) bond motifs is 1. The molecule has 3 aromatic rings. The molecule has 1 aromatic heterocycles. The minimum atomic E-state index is -0.525. The second-order valence-corrected chi connectivity index (χ2v) is 5.81. The van der Waals surface area contributed by atoms with Crippen LogP contribution in [0.25, 0.3) is 10.9 Å². The molecule has 3 rings (SSSR count). The molecule has 5 nitrogen and oxygen atoms in total. The van der Waals surface area contributed by atoms with Gasteiger partial charge in [-0.2, -0.15) is 5.26 Å². The van der Waals surface area contributed by atoms with Crippen LogP contribution in [-0.2, 0) is 0 Å². The quantitative estimate of drug-likeness (QED) is 0.727. The smallest absolute Gasteiger partial charge is 0.261 e. The normalized spacial score (nSPS) is 10.3. The Balaban J connectivity index is 1.98. The minimum absolute atomic E-state index is 0.0120. The lowest BCUT2D eigenvalue weighted by Crippen LogP contribution is -2.23.